The number of halogens is 1. The van der Waals surface area contributed by atoms with Crippen molar-refractivity contribution < 1.29 is 28.6 Å². The molecule has 0 aliphatic heterocycles. The van der Waals surface area contributed by atoms with Crippen LogP contribution in [0.4, 0.5) is 4.39 Å². The van der Waals surface area contributed by atoms with E-state index in [1.165, 1.54) is 26.2 Å². The Morgan fingerprint density at radius 1 is 1.45 bits per heavy atom. The van der Waals surface area contributed by atoms with Crippen LogP contribution in [0.3, 0.4) is 0 Å². The van der Waals surface area contributed by atoms with Gasteiger partial charge in [0, 0.05) is 13.7 Å². The zero-order chi connectivity index (χ0) is 15.1. The standard InChI is InChI=1S/C13H16FNO5/c1-8(12(16)15-6-7-19-2)20-11-9(13(17)18)4-3-5-10(11)14/h3-5,8H,6-7H2,1-2H3,(H,15,16)(H,17,18). The SMILES string of the molecule is COCCNC(=O)C(C)Oc1c(F)cccc1C(=O)O. The molecule has 0 aliphatic carbocycles. The number of ether oxygens (including phenoxy) is 2. The first-order valence-electron chi connectivity index (χ1n) is 5.92. The number of rotatable bonds is 7. The van der Waals surface area contributed by atoms with E-state index in [0.29, 0.717) is 6.61 Å². The van der Waals surface area contributed by atoms with Crippen LogP contribution in [0.2, 0.25) is 0 Å². The summed E-state index contributed by atoms with van der Waals surface area (Å²) in [6.45, 7) is 2.02. The molecule has 0 fully saturated rings. The van der Waals surface area contributed by atoms with Crippen molar-refractivity contribution in [2.75, 3.05) is 20.3 Å². The summed E-state index contributed by atoms with van der Waals surface area (Å²) < 4.78 is 23.5. The molecule has 0 aliphatic rings. The molecule has 110 valence electrons. The van der Waals surface area contributed by atoms with Gasteiger partial charge in [0.1, 0.15) is 5.56 Å². The van der Waals surface area contributed by atoms with Gasteiger partial charge in [-0.3, -0.25) is 4.79 Å². The average molecular weight is 285 g/mol. The summed E-state index contributed by atoms with van der Waals surface area (Å²) in [7, 11) is 1.49. The third-order valence-corrected chi connectivity index (χ3v) is 2.47. The van der Waals surface area contributed by atoms with E-state index in [1.54, 1.807) is 0 Å². The molecule has 0 spiro atoms. The lowest BCUT2D eigenvalue weighted by Crippen LogP contribution is -2.38. The van der Waals surface area contributed by atoms with Gasteiger partial charge in [0.25, 0.3) is 5.91 Å². The van der Waals surface area contributed by atoms with E-state index >= 15 is 0 Å². The topological polar surface area (TPSA) is 84.9 Å². The van der Waals surface area contributed by atoms with Crippen molar-refractivity contribution in [3.8, 4) is 5.75 Å². The number of amides is 1. The van der Waals surface area contributed by atoms with Gasteiger partial charge in [-0.15, -0.1) is 0 Å². The molecule has 20 heavy (non-hydrogen) atoms. The van der Waals surface area contributed by atoms with Crippen molar-refractivity contribution in [2.24, 2.45) is 0 Å². The molecule has 1 aromatic rings. The van der Waals surface area contributed by atoms with E-state index in [1.807, 2.05) is 0 Å². The third-order valence-electron chi connectivity index (χ3n) is 2.47. The molecule has 1 atom stereocenters. The largest absolute Gasteiger partial charge is 0.478 e. The predicted octanol–water partition coefficient (Wildman–Crippen LogP) is 1.05. The van der Waals surface area contributed by atoms with E-state index in [-0.39, 0.29) is 12.1 Å². The summed E-state index contributed by atoms with van der Waals surface area (Å²) in [5.74, 6) is -3.09. The summed E-state index contributed by atoms with van der Waals surface area (Å²) in [5, 5.41) is 11.5. The Kier molecular flexibility index (Phi) is 5.92. The Morgan fingerprint density at radius 2 is 2.15 bits per heavy atom. The van der Waals surface area contributed by atoms with Gasteiger partial charge >= 0.3 is 5.97 Å². The fourth-order valence-electron chi connectivity index (χ4n) is 1.45. The van der Waals surface area contributed by atoms with Crippen LogP contribution in [0, 0.1) is 5.82 Å². The highest BCUT2D eigenvalue weighted by Crippen LogP contribution is 2.23. The lowest BCUT2D eigenvalue weighted by Gasteiger charge is -2.16. The second-order valence-corrected chi connectivity index (χ2v) is 3.97. The first-order valence-corrected chi connectivity index (χ1v) is 5.92. The molecule has 1 unspecified atom stereocenters. The summed E-state index contributed by atoms with van der Waals surface area (Å²) in [6.07, 6.45) is -1.03. The van der Waals surface area contributed by atoms with Gasteiger partial charge < -0.3 is 19.9 Å². The van der Waals surface area contributed by atoms with Crippen LogP contribution in [0.15, 0.2) is 18.2 Å². The summed E-state index contributed by atoms with van der Waals surface area (Å²) in [4.78, 5) is 22.6. The molecule has 7 heteroatoms. The van der Waals surface area contributed by atoms with Gasteiger partial charge in [-0.1, -0.05) is 6.07 Å². The predicted molar refractivity (Wildman–Crippen MR) is 68.3 cm³/mol. The molecule has 1 rings (SSSR count). The highest BCUT2D eigenvalue weighted by Gasteiger charge is 2.21. The van der Waals surface area contributed by atoms with Gasteiger partial charge in [-0.05, 0) is 19.1 Å². The first kappa shape index (κ1) is 15.9. The molecule has 0 radical (unpaired) electrons. The molecule has 2 N–H and O–H groups in total. The number of nitrogens with one attached hydrogen (secondary N) is 1. The molecule has 0 saturated heterocycles. The third kappa shape index (κ3) is 4.20. The number of carbonyl (C=O) groups is 2. The van der Waals surface area contributed by atoms with Crippen molar-refractivity contribution in [1.82, 2.24) is 5.32 Å². The number of carboxylic acids is 1. The molecule has 1 amide bonds. The Labute approximate surface area is 115 Å². The summed E-state index contributed by atoms with van der Waals surface area (Å²) >= 11 is 0. The minimum atomic E-state index is -1.33. The van der Waals surface area contributed by atoms with E-state index in [2.05, 4.69) is 5.32 Å². The minimum Gasteiger partial charge on any atom is -0.478 e. The molecular formula is C13H16FNO5. The quantitative estimate of drug-likeness (QED) is 0.732. The van der Waals surface area contributed by atoms with E-state index in [0.717, 1.165) is 6.07 Å². The summed E-state index contributed by atoms with van der Waals surface area (Å²) in [6, 6.07) is 3.53. The average Bonchev–Trinajstić information content (AvgIpc) is 2.40. The van der Waals surface area contributed by atoms with Crippen molar-refractivity contribution >= 4 is 11.9 Å². The van der Waals surface area contributed by atoms with Crippen LogP contribution >= 0.6 is 0 Å². The maximum absolute atomic E-state index is 13.6. The normalized spacial score (nSPS) is 11.8. The smallest absolute Gasteiger partial charge is 0.339 e. The van der Waals surface area contributed by atoms with Gasteiger partial charge in [-0.2, -0.15) is 0 Å². The maximum atomic E-state index is 13.6. The van der Waals surface area contributed by atoms with Crippen molar-refractivity contribution in [2.45, 2.75) is 13.0 Å². The highest BCUT2D eigenvalue weighted by atomic mass is 19.1. The van der Waals surface area contributed by atoms with Crippen molar-refractivity contribution in [3.63, 3.8) is 0 Å². The zero-order valence-electron chi connectivity index (χ0n) is 11.2. The molecule has 0 saturated carbocycles. The number of carboxylic acid groups (broad SMARTS) is 1. The Balaban J connectivity index is 2.77. The molecule has 1 aromatic carbocycles. The van der Waals surface area contributed by atoms with Crippen molar-refractivity contribution in [1.29, 1.82) is 0 Å². The number of hydrogen-bond donors (Lipinski definition) is 2. The number of para-hydroxylation sites is 1. The fraction of sp³-hybridized carbons (Fsp3) is 0.385. The van der Waals surface area contributed by atoms with Crippen LogP contribution < -0.4 is 10.1 Å². The first-order chi connectivity index (χ1) is 9.47. The molecular weight excluding hydrogens is 269 g/mol. The van der Waals surface area contributed by atoms with Gasteiger partial charge in [0.2, 0.25) is 0 Å². The number of carbonyl (C=O) groups excluding carboxylic acids is 1. The van der Waals surface area contributed by atoms with Crippen LogP contribution in [0.5, 0.6) is 5.75 Å². The van der Waals surface area contributed by atoms with Crippen LogP contribution in [-0.4, -0.2) is 43.3 Å². The Morgan fingerprint density at radius 3 is 2.75 bits per heavy atom. The van der Waals surface area contributed by atoms with E-state index < -0.39 is 29.5 Å². The number of aromatic carboxylic acids is 1. The monoisotopic (exact) mass is 285 g/mol. The van der Waals surface area contributed by atoms with Gasteiger partial charge in [0.15, 0.2) is 17.7 Å². The lowest BCUT2D eigenvalue weighted by molar-refractivity contribution is -0.127. The molecule has 6 nitrogen and oxygen atoms in total. The molecule has 0 bridgehead atoms. The van der Waals surface area contributed by atoms with Crippen molar-refractivity contribution in [3.05, 3.63) is 29.6 Å². The van der Waals surface area contributed by atoms with Crippen LogP contribution in [0.1, 0.15) is 17.3 Å². The minimum absolute atomic E-state index is 0.284. The van der Waals surface area contributed by atoms with Crippen LogP contribution in [0.25, 0.3) is 0 Å². The second-order valence-electron chi connectivity index (χ2n) is 3.97. The fourth-order valence-corrected chi connectivity index (χ4v) is 1.45. The van der Waals surface area contributed by atoms with Gasteiger partial charge in [0.05, 0.1) is 6.61 Å². The number of methoxy groups -OCH3 is 1. The zero-order valence-corrected chi connectivity index (χ0v) is 11.2. The maximum Gasteiger partial charge on any atom is 0.339 e. The second kappa shape index (κ2) is 7.44. The molecule has 0 aromatic heterocycles. The summed E-state index contributed by atoms with van der Waals surface area (Å²) in [5.41, 5.74) is -0.332. The van der Waals surface area contributed by atoms with E-state index in [9.17, 15) is 14.0 Å². The lowest BCUT2D eigenvalue weighted by atomic mass is 10.2. The van der Waals surface area contributed by atoms with Gasteiger partial charge in [-0.25, -0.2) is 9.18 Å². The number of hydrogen-bond acceptors (Lipinski definition) is 4. The Bertz CT molecular complexity index is 492. The van der Waals surface area contributed by atoms with Crippen LogP contribution in [-0.2, 0) is 9.53 Å². The number of benzene rings is 1. The van der Waals surface area contributed by atoms with E-state index in [4.69, 9.17) is 14.6 Å². The Hall–Kier alpha value is -2.15. The molecule has 0 heterocycles. The highest BCUT2D eigenvalue weighted by molar-refractivity contribution is 5.91.